The Morgan fingerprint density at radius 3 is 2.50 bits per heavy atom. The molecule has 3 N–H and O–H groups in total. The van der Waals surface area contributed by atoms with E-state index in [9.17, 15) is 24.9 Å². The first-order chi connectivity index (χ1) is 12.3. The van der Waals surface area contributed by atoms with E-state index in [1.807, 2.05) is 0 Å². The van der Waals surface area contributed by atoms with Crippen LogP contribution in [0.2, 0.25) is 0 Å². The molecule has 1 heterocycles. The van der Waals surface area contributed by atoms with Crippen molar-refractivity contribution in [1.29, 1.82) is 0 Å². The number of fused-ring (bicyclic) bond motifs is 1. The fourth-order valence-electron chi connectivity index (χ4n) is 2.51. The SMILES string of the molecule is COc1cc(O)c2c(c1)/C=C/CC(O)[C@H](O)C(=O)/C=C\CC(C)OC2=O. The number of rotatable bonds is 1. The summed E-state index contributed by atoms with van der Waals surface area (Å²) >= 11 is 0. The van der Waals surface area contributed by atoms with Gasteiger partial charge >= 0.3 is 5.97 Å². The second-order valence-electron chi connectivity index (χ2n) is 6.02. The van der Waals surface area contributed by atoms with Gasteiger partial charge in [0.05, 0.1) is 13.2 Å². The van der Waals surface area contributed by atoms with Crippen molar-refractivity contribution in [1.82, 2.24) is 0 Å². The Balaban J connectivity index is 2.45. The van der Waals surface area contributed by atoms with Gasteiger partial charge in [0.25, 0.3) is 0 Å². The first-order valence-corrected chi connectivity index (χ1v) is 8.18. The molecular weight excluding hydrogens is 340 g/mol. The first-order valence-electron chi connectivity index (χ1n) is 8.18. The molecule has 3 atom stereocenters. The van der Waals surface area contributed by atoms with Crippen molar-refractivity contribution in [2.24, 2.45) is 0 Å². The van der Waals surface area contributed by atoms with Gasteiger partial charge in [-0.25, -0.2) is 4.79 Å². The summed E-state index contributed by atoms with van der Waals surface area (Å²) in [5.74, 6) is -1.29. The maximum Gasteiger partial charge on any atom is 0.342 e. The van der Waals surface area contributed by atoms with Crippen molar-refractivity contribution < 1.29 is 34.4 Å². The maximum absolute atomic E-state index is 12.4. The lowest BCUT2D eigenvalue weighted by molar-refractivity contribution is -0.127. The molecule has 0 radical (unpaired) electrons. The highest BCUT2D eigenvalue weighted by molar-refractivity contribution is 5.97. The molecule has 1 aromatic rings. The Hall–Kier alpha value is -2.64. The van der Waals surface area contributed by atoms with E-state index in [4.69, 9.17) is 9.47 Å². The molecule has 1 aliphatic rings. The normalized spacial score (nSPS) is 27.0. The largest absolute Gasteiger partial charge is 0.507 e. The van der Waals surface area contributed by atoms with Gasteiger partial charge in [0.2, 0.25) is 0 Å². The van der Waals surface area contributed by atoms with E-state index < -0.39 is 30.1 Å². The van der Waals surface area contributed by atoms with E-state index in [0.717, 1.165) is 6.08 Å². The Bertz CT molecular complexity index is 736. The van der Waals surface area contributed by atoms with Crippen molar-refractivity contribution >= 4 is 17.8 Å². The van der Waals surface area contributed by atoms with E-state index in [0.29, 0.717) is 11.3 Å². The van der Waals surface area contributed by atoms with E-state index in [-0.39, 0.29) is 24.2 Å². The summed E-state index contributed by atoms with van der Waals surface area (Å²) in [5.41, 5.74) is 0.306. The molecule has 0 amide bonds. The molecule has 1 aliphatic heterocycles. The van der Waals surface area contributed by atoms with Crippen LogP contribution >= 0.6 is 0 Å². The van der Waals surface area contributed by atoms with Crippen molar-refractivity contribution in [2.75, 3.05) is 7.11 Å². The average molecular weight is 362 g/mol. The van der Waals surface area contributed by atoms with Crippen LogP contribution in [0.15, 0.2) is 30.4 Å². The molecule has 0 bridgehead atoms. The number of phenolic OH excluding ortho intramolecular Hbond substituents is 1. The molecule has 0 saturated carbocycles. The standard InChI is InChI=1S/C19H22O7/c1-11-5-3-7-14(20)18(23)15(21)8-4-6-12-9-13(25-2)10-16(22)17(12)19(24)26-11/h3-4,6-7,9-11,15,18,21-23H,5,8H2,1-2H3/b6-4+,7-3-/t11?,15?,18-/m1/s1. The molecule has 0 aromatic heterocycles. The molecule has 2 rings (SSSR count). The highest BCUT2D eigenvalue weighted by Gasteiger charge is 2.23. The third-order valence-electron chi connectivity index (χ3n) is 3.95. The van der Waals surface area contributed by atoms with Crippen LogP contribution in [0.4, 0.5) is 0 Å². The number of carbonyl (C=O) groups excluding carboxylic acids is 2. The number of ether oxygens (including phenoxy) is 2. The highest BCUT2D eigenvalue weighted by Crippen LogP contribution is 2.30. The van der Waals surface area contributed by atoms with E-state index in [2.05, 4.69) is 0 Å². The summed E-state index contributed by atoms with van der Waals surface area (Å²) in [6.07, 6.45) is 2.42. The smallest absolute Gasteiger partial charge is 0.342 e. The van der Waals surface area contributed by atoms with Gasteiger partial charge in [-0.05, 0) is 31.1 Å². The molecule has 0 spiro atoms. The average Bonchev–Trinajstić information content (AvgIpc) is 2.59. The lowest BCUT2D eigenvalue weighted by Gasteiger charge is -2.16. The summed E-state index contributed by atoms with van der Waals surface area (Å²) in [6.45, 7) is 1.64. The van der Waals surface area contributed by atoms with Crippen LogP contribution in [-0.2, 0) is 9.53 Å². The second-order valence-corrected chi connectivity index (χ2v) is 6.02. The number of ketones is 1. The van der Waals surface area contributed by atoms with Gasteiger partial charge in [0.1, 0.15) is 29.3 Å². The second kappa shape index (κ2) is 8.64. The summed E-state index contributed by atoms with van der Waals surface area (Å²) in [5, 5.41) is 30.0. The van der Waals surface area contributed by atoms with Crippen molar-refractivity contribution in [2.45, 2.75) is 38.1 Å². The first kappa shape index (κ1) is 19.7. The van der Waals surface area contributed by atoms with Gasteiger partial charge in [-0.1, -0.05) is 18.2 Å². The number of cyclic esters (lactones) is 1. The Kier molecular flexibility index (Phi) is 6.54. The Labute approximate surface area is 151 Å². The zero-order valence-corrected chi connectivity index (χ0v) is 14.6. The quantitative estimate of drug-likeness (QED) is 0.650. The van der Waals surface area contributed by atoms with Gasteiger partial charge in [-0.2, -0.15) is 0 Å². The van der Waals surface area contributed by atoms with E-state index >= 15 is 0 Å². The minimum absolute atomic E-state index is 0.0242. The zero-order chi connectivity index (χ0) is 19.3. The van der Waals surface area contributed by atoms with Crippen LogP contribution in [0, 0.1) is 0 Å². The fourth-order valence-corrected chi connectivity index (χ4v) is 2.51. The van der Waals surface area contributed by atoms with Gasteiger partial charge < -0.3 is 24.8 Å². The van der Waals surface area contributed by atoms with Crippen LogP contribution in [0.5, 0.6) is 11.5 Å². The molecule has 0 saturated heterocycles. The van der Waals surface area contributed by atoms with Crippen molar-refractivity contribution in [3.8, 4) is 11.5 Å². The predicted octanol–water partition coefficient (Wildman–Crippen LogP) is 1.60. The third-order valence-corrected chi connectivity index (χ3v) is 3.95. The van der Waals surface area contributed by atoms with Crippen molar-refractivity contribution in [3.05, 3.63) is 41.5 Å². The zero-order valence-electron chi connectivity index (χ0n) is 14.6. The number of aliphatic hydroxyl groups is 2. The number of hydrogen-bond acceptors (Lipinski definition) is 7. The minimum Gasteiger partial charge on any atom is -0.507 e. The van der Waals surface area contributed by atoms with E-state index in [1.54, 1.807) is 6.92 Å². The molecule has 26 heavy (non-hydrogen) atoms. The van der Waals surface area contributed by atoms with Crippen LogP contribution in [-0.4, -0.2) is 52.5 Å². The summed E-state index contributed by atoms with van der Waals surface area (Å²) in [6, 6.07) is 2.84. The topological polar surface area (TPSA) is 113 Å². The number of phenols is 1. The predicted molar refractivity (Wildman–Crippen MR) is 94.0 cm³/mol. The molecular formula is C19H22O7. The number of benzene rings is 1. The van der Waals surface area contributed by atoms with Crippen LogP contribution in [0.25, 0.3) is 6.08 Å². The highest BCUT2D eigenvalue weighted by atomic mass is 16.5. The van der Waals surface area contributed by atoms with Crippen LogP contribution in [0.1, 0.15) is 35.7 Å². The van der Waals surface area contributed by atoms with Crippen molar-refractivity contribution in [3.63, 3.8) is 0 Å². The molecule has 0 aliphatic carbocycles. The number of aromatic hydroxyl groups is 1. The molecule has 140 valence electrons. The number of aliphatic hydroxyl groups excluding tert-OH is 2. The Morgan fingerprint density at radius 1 is 1.12 bits per heavy atom. The molecule has 0 fully saturated rings. The lowest BCUT2D eigenvalue weighted by atomic mass is 10.0. The summed E-state index contributed by atoms with van der Waals surface area (Å²) < 4.78 is 10.4. The van der Waals surface area contributed by atoms with Gasteiger partial charge in [0.15, 0.2) is 5.78 Å². The third kappa shape index (κ3) is 4.71. The maximum atomic E-state index is 12.4. The number of esters is 1. The van der Waals surface area contributed by atoms with Gasteiger partial charge in [-0.3, -0.25) is 4.79 Å². The summed E-state index contributed by atoms with van der Waals surface area (Å²) in [7, 11) is 1.42. The number of hydrogen-bond donors (Lipinski definition) is 3. The van der Waals surface area contributed by atoms with Gasteiger partial charge in [0, 0.05) is 12.5 Å². The number of carbonyl (C=O) groups is 2. The molecule has 2 unspecified atom stereocenters. The minimum atomic E-state index is -1.55. The molecule has 7 heteroatoms. The number of methoxy groups -OCH3 is 1. The fraction of sp³-hybridized carbons (Fsp3) is 0.368. The van der Waals surface area contributed by atoms with Crippen LogP contribution in [0.3, 0.4) is 0 Å². The monoisotopic (exact) mass is 362 g/mol. The molecule has 7 nitrogen and oxygen atoms in total. The summed E-state index contributed by atoms with van der Waals surface area (Å²) in [4.78, 5) is 24.3. The van der Waals surface area contributed by atoms with Gasteiger partial charge in [-0.15, -0.1) is 0 Å². The Morgan fingerprint density at radius 2 is 1.81 bits per heavy atom. The molecule has 1 aromatic carbocycles. The van der Waals surface area contributed by atoms with E-state index in [1.165, 1.54) is 37.5 Å². The lowest BCUT2D eigenvalue weighted by Crippen LogP contribution is -2.32. The van der Waals surface area contributed by atoms with Crippen LogP contribution < -0.4 is 4.74 Å².